The SMILES string of the molecule is Oc1ccc(C2CC(c3ccccc3)CC(c3ccc(O)cc3)C2)cc1. The number of phenols is 2. The van der Waals surface area contributed by atoms with Gasteiger partial charge in [-0.2, -0.15) is 0 Å². The second kappa shape index (κ2) is 7.25. The van der Waals surface area contributed by atoms with E-state index in [1.807, 2.05) is 0 Å². The molecule has 132 valence electrons. The van der Waals surface area contributed by atoms with Gasteiger partial charge in [0.25, 0.3) is 0 Å². The Bertz CT molecular complexity index is 784. The number of aromatic hydroxyl groups is 2. The predicted molar refractivity (Wildman–Crippen MR) is 105 cm³/mol. The van der Waals surface area contributed by atoms with Gasteiger partial charge in [0, 0.05) is 0 Å². The van der Waals surface area contributed by atoms with Crippen LogP contribution < -0.4 is 0 Å². The number of phenolic OH excluding ortho intramolecular Hbond substituents is 2. The molecule has 3 aromatic carbocycles. The molecule has 1 fully saturated rings. The first-order valence-corrected chi connectivity index (χ1v) is 9.32. The van der Waals surface area contributed by atoms with Crippen molar-refractivity contribution in [3.63, 3.8) is 0 Å². The molecule has 0 spiro atoms. The summed E-state index contributed by atoms with van der Waals surface area (Å²) < 4.78 is 0. The molecule has 4 rings (SSSR count). The lowest BCUT2D eigenvalue weighted by Gasteiger charge is -2.36. The van der Waals surface area contributed by atoms with Crippen LogP contribution in [0.2, 0.25) is 0 Å². The van der Waals surface area contributed by atoms with Gasteiger partial charge in [-0.3, -0.25) is 0 Å². The van der Waals surface area contributed by atoms with Gasteiger partial charge in [0.05, 0.1) is 0 Å². The third kappa shape index (κ3) is 3.60. The van der Waals surface area contributed by atoms with Crippen molar-refractivity contribution in [2.75, 3.05) is 0 Å². The summed E-state index contributed by atoms with van der Waals surface area (Å²) in [5.74, 6) is 2.09. The summed E-state index contributed by atoms with van der Waals surface area (Å²) in [7, 11) is 0. The second-order valence-corrected chi connectivity index (χ2v) is 7.39. The zero-order valence-corrected chi connectivity index (χ0v) is 14.8. The fourth-order valence-corrected chi connectivity index (χ4v) is 4.35. The Labute approximate surface area is 154 Å². The van der Waals surface area contributed by atoms with Gasteiger partial charge < -0.3 is 10.2 Å². The molecule has 2 unspecified atom stereocenters. The Balaban J connectivity index is 1.66. The van der Waals surface area contributed by atoms with E-state index in [1.165, 1.54) is 16.7 Å². The van der Waals surface area contributed by atoms with E-state index in [0.29, 0.717) is 29.3 Å². The Kier molecular flexibility index (Phi) is 4.66. The molecule has 2 atom stereocenters. The van der Waals surface area contributed by atoms with E-state index in [4.69, 9.17) is 0 Å². The minimum atomic E-state index is 0.319. The highest BCUT2D eigenvalue weighted by molar-refractivity contribution is 5.34. The molecule has 0 aliphatic heterocycles. The van der Waals surface area contributed by atoms with E-state index in [-0.39, 0.29) is 0 Å². The third-order valence-corrected chi connectivity index (χ3v) is 5.71. The van der Waals surface area contributed by atoms with Crippen LogP contribution in [0.25, 0.3) is 0 Å². The molecular weight excluding hydrogens is 320 g/mol. The van der Waals surface area contributed by atoms with Gasteiger partial charge in [0.1, 0.15) is 11.5 Å². The summed E-state index contributed by atoms with van der Waals surface area (Å²) in [6.45, 7) is 0. The smallest absolute Gasteiger partial charge is 0.115 e. The molecule has 0 bridgehead atoms. The first kappa shape index (κ1) is 16.7. The molecule has 0 heterocycles. The average molecular weight is 344 g/mol. The summed E-state index contributed by atoms with van der Waals surface area (Å²) in [4.78, 5) is 0. The van der Waals surface area contributed by atoms with Gasteiger partial charge in [0.15, 0.2) is 0 Å². The standard InChI is InChI=1S/C24H24O2/c25-23-10-6-18(7-11-23)21-14-20(17-4-2-1-3-5-17)15-22(16-21)19-8-12-24(26)13-9-19/h1-13,20-22,25-26H,14-16H2. The summed E-state index contributed by atoms with van der Waals surface area (Å²) in [5.41, 5.74) is 4.00. The molecule has 0 saturated heterocycles. The Morgan fingerprint density at radius 1 is 0.462 bits per heavy atom. The van der Waals surface area contributed by atoms with E-state index in [1.54, 1.807) is 24.3 Å². The number of benzene rings is 3. The van der Waals surface area contributed by atoms with Gasteiger partial charge >= 0.3 is 0 Å². The Morgan fingerprint density at radius 3 is 1.19 bits per heavy atom. The molecule has 26 heavy (non-hydrogen) atoms. The highest BCUT2D eigenvalue weighted by atomic mass is 16.3. The Hall–Kier alpha value is -2.74. The molecule has 0 radical (unpaired) electrons. The van der Waals surface area contributed by atoms with Crippen molar-refractivity contribution >= 4 is 0 Å². The molecule has 3 aromatic rings. The minimum absolute atomic E-state index is 0.319. The molecule has 2 N–H and O–H groups in total. The van der Waals surface area contributed by atoms with Crippen molar-refractivity contribution in [1.82, 2.24) is 0 Å². The second-order valence-electron chi connectivity index (χ2n) is 7.39. The third-order valence-electron chi connectivity index (χ3n) is 5.71. The van der Waals surface area contributed by atoms with Crippen LogP contribution in [0.4, 0.5) is 0 Å². The largest absolute Gasteiger partial charge is 0.508 e. The fourth-order valence-electron chi connectivity index (χ4n) is 4.35. The van der Waals surface area contributed by atoms with E-state index in [2.05, 4.69) is 54.6 Å². The first-order chi connectivity index (χ1) is 12.7. The van der Waals surface area contributed by atoms with Crippen LogP contribution in [-0.4, -0.2) is 10.2 Å². The molecule has 1 saturated carbocycles. The summed E-state index contributed by atoms with van der Waals surface area (Å²) >= 11 is 0. The van der Waals surface area contributed by atoms with Crippen molar-refractivity contribution in [2.45, 2.75) is 37.0 Å². The van der Waals surface area contributed by atoms with Crippen LogP contribution in [0, 0.1) is 0 Å². The summed E-state index contributed by atoms with van der Waals surface area (Å²) in [6, 6.07) is 26.2. The number of hydrogen-bond donors (Lipinski definition) is 2. The van der Waals surface area contributed by atoms with Crippen LogP contribution in [0.5, 0.6) is 11.5 Å². The quantitative estimate of drug-likeness (QED) is 0.618. The molecule has 1 aliphatic rings. The van der Waals surface area contributed by atoms with Crippen molar-refractivity contribution in [3.8, 4) is 11.5 Å². The Morgan fingerprint density at radius 2 is 0.808 bits per heavy atom. The van der Waals surface area contributed by atoms with Gasteiger partial charge in [-0.1, -0.05) is 54.6 Å². The molecule has 1 aliphatic carbocycles. The summed E-state index contributed by atoms with van der Waals surface area (Å²) in [6.07, 6.45) is 3.35. The van der Waals surface area contributed by atoms with Crippen molar-refractivity contribution in [2.24, 2.45) is 0 Å². The van der Waals surface area contributed by atoms with Crippen LogP contribution in [0.1, 0.15) is 53.7 Å². The maximum absolute atomic E-state index is 9.62. The molecular formula is C24H24O2. The first-order valence-electron chi connectivity index (χ1n) is 9.32. The summed E-state index contributed by atoms with van der Waals surface area (Å²) in [5, 5.41) is 19.2. The van der Waals surface area contributed by atoms with E-state index in [0.717, 1.165) is 19.3 Å². The lowest BCUT2D eigenvalue weighted by atomic mass is 9.68. The van der Waals surface area contributed by atoms with Crippen LogP contribution >= 0.6 is 0 Å². The van der Waals surface area contributed by atoms with Crippen molar-refractivity contribution in [1.29, 1.82) is 0 Å². The molecule has 0 aromatic heterocycles. The van der Waals surface area contributed by atoms with Crippen molar-refractivity contribution < 1.29 is 10.2 Å². The van der Waals surface area contributed by atoms with E-state index in [9.17, 15) is 10.2 Å². The van der Waals surface area contributed by atoms with Crippen LogP contribution in [0.3, 0.4) is 0 Å². The lowest BCUT2D eigenvalue weighted by Crippen LogP contribution is -2.19. The zero-order chi connectivity index (χ0) is 17.9. The maximum atomic E-state index is 9.62. The van der Waals surface area contributed by atoms with Gasteiger partial charge in [0.2, 0.25) is 0 Å². The zero-order valence-electron chi connectivity index (χ0n) is 14.8. The topological polar surface area (TPSA) is 40.5 Å². The fraction of sp³-hybridized carbons (Fsp3) is 0.250. The van der Waals surface area contributed by atoms with Gasteiger partial charge in [-0.15, -0.1) is 0 Å². The average Bonchev–Trinajstić information content (AvgIpc) is 2.69. The van der Waals surface area contributed by atoms with Crippen LogP contribution in [-0.2, 0) is 0 Å². The minimum Gasteiger partial charge on any atom is -0.508 e. The normalized spacial score (nSPS) is 22.8. The van der Waals surface area contributed by atoms with Gasteiger partial charge in [-0.25, -0.2) is 0 Å². The maximum Gasteiger partial charge on any atom is 0.115 e. The predicted octanol–water partition coefficient (Wildman–Crippen LogP) is 5.93. The number of rotatable bonds is 3. The molecule has 0 amide bonds. The highest BCUT2D eigenvalue weighted by Gasteiger charge is 2.31. The van der Waals surface area contributed by atoms with E-state index >= 15 is 0 Å². The monoisotopic (exact) mass is 344 g/mol. The lowest BCUT2D eigenvalue weighted by molar-refractivity contribution is 0.351. The van der Waals surface area contributed by atoms with Gasteiger partial charge in [-0.05, 0) is 78.0 Å². The van der Waals surface area contributed by atoms with Crippen LogP contribution in [0.15, 0.2) is 78.9 Å². The van der Waals surface area contributed by atoms with E-state index < -0.39 is 0 Å². The number of hydrogen-bond acceptors (Lipinski definition) is 2. The van der Waals surface area contributed by atoms with Crippen molar-refractivity contribution in [3.05, 3.63) is 95.6 Å². The highest BCUT2D eigenvalue weighted by Crippen LogP contribution is 2.48. The molecule has 2 nitrogen and oxygen atoms in total. The molecule has 2 heteroatoms.